The summed E-state index contributed by atoms with van der Waals surface area (Å²) in [6.45, 7) is 0. The molecule has 0 fully saturated rings. The molecule has 0 radical (unpaired) electrons. The molecule has 0 unspecified atom stereocenters. The Morgan fingerprint density at radius 3 is 1.67 bits per heavy atom. The SMILES string of the molecule is [2H]c1ccc2cc(-c3ccc(-c4c5ccccc5c(-c5ccccc5-c5ccc6oc7cc([2H])ccc7c6c5)c5ccccc45)cc3)ccc2c1. The van der Waals surface area contributed by atoms with Crippen LogP contribution in [0, 0.1) is 0 Å². The highest BCUT2D eigenvalue weighted by Gasteiger charge is 2.19. The summed E-state index contributed by atoms with van der Waals surface area (Å²) >= 11 is 0. The quantitative estimate of drug-likeness (QED) is 0.178. The second-order valence-corrected chi connectivity index (χ2v) is 12.7. The molecule has 1 heterocycles. The minimum Gasteiger partial charge on any atom is -0.456 e. The van der Waals surface area contributed by atoms with Gasteiger partial charge in [0, 0.05) is 10.8 Å². The predicted molar refractivity (Wildman–Crippen MR) is 208 cm³/mol. The Morgan fingerprint density at radius 1 is 0.327 bits per heavy atom. The molecule has 0 bridgehead atoms. The lowest BCUT2D eigenvalue weighted by Gasteiger charge is -2.20. The van der Waals surface area contributed by atoms with Gasteiger partial charge in [-0.25, -0.2) is 0 Å². The molecule has 0 saturated heterocycles. The zero-order valence-electron chi connectivity index (χ0n) is 28.6. The normalized spacial score (nSPS) is 12.2. The summed E-state index contributed by atoms with van der Waals surface area (Å²) in [5, 5.41) is 9.16. The van der Waals surface area contributed by atoms with Crippen molar-refractivity contribution in [3.8, 4) is 44.5 Å². The Bertz CT molecular complexity index is 2930. The predicted octanol–water partition coefficient (Wildman–Crippen LogP) is 13.7. The third-order valence-corrected chi connectivity index (χ3v) is 9.95. The number of fused-ring (bicyclic) bond motifs is 6. The lowest BCUT2D eigenvalue weighted by atomic mass is 9.83. The minimum absolute atomic E-state index is 0.444. The third-order valence-electron chi connectivity index (χ3n) is 9.95. The zero-order valence-corrected chi connectivity index (χ0v) is 26.6. The van der Waals surface area contributed by atoms with E-state index in [9.17, 15) is 0 Å². The molecule has 0 spiro atoms. The van der Waals surface area contributed by atoms with E-state index in [1.165, 1.54) is 43.8 Å². The molecule has 0 aliphatic heterocycles. The summed E-state index contributed by atoms with van der Waals surface area (Å²) in [4.78, 5) is 0. The highest BCUT2D eigenvalue weighted by atomic mass is 16.3. The van der Waals surface area contributed by atoms with E-state index in [2.05, 4.69) is 133 Å². The van der Waals surface area contributed by atoms with Gasteiger partial charge >= 0.3 is 0 Å². The molecular formula is C48H30O. The topological polar surface area (TPSA) is 13.1 Å². The van der Waals surface area contributed by atoms with E-state index in [1.54, 1.807) is 6.07 Å². The van der Waals surface area contributed by atoms with Gasteiger partial charge in [0.05, 0.1) is 2.74 Å². The average molecular weight is 625 g/mol. The van der Waals surface area contributed by atoms with Crippen molar-refractivity contribution < 1.29 is 7.16 Å². The van der Waals surface area contributed by atoms with E-state index < -0.39 is 0 Å². The molecule has 228 valence electrons. The van der Waals surface area contributed by atoms with Crippen molar-refractivity contribution in [3.63, 3.8) is 0 Å². The van der Waals surface area contributed by atoms with Crippen LogP contribution in [-0.2, 0) is 0 Å². The standard InChI is InChI=1S/C48H30O/c1-2-12-34-29-35(26-23-31(34)11-1)32-21-24-33(25-22-32)47-40-16-5-7-18-42(40)48(43-19-8-6-17-41(43)47)39-15-4-3-13-37(39)36-27-28-46-44(30-36)38-14-9-10-20-45(38)49-46/h1-30H/i1D,10D. The molecular weight excluding hydrogens is 593 g/mol. The van der Waals surface area contributed by atoms with Crippen LogP contribution in [0.3, 0.4) is 0 Å². The maximum Gasteiger partial charge on any atom is 0.135 e. The van der Waals surface area contributed by atoms with Crippen LogP contribution in [0.1, 0.15) is 2.74 Å². The second kappa shape index (κ2) is 11.1. The fraction of sp³-hybridized carbons (Fsp3) is 0. The van der Waals surface area contributed by atoms with Gasteiger partial charge in [-0.2, -0.15) is 0 Å². The Morgan fingerprint density at radius 2 is 0.898 bits per heavy atom. The average Bonchev–Trinajstić information content (AvgIpc) is 3.53. The van der Waals surface area contributed by atoms with E-state index in [0.29, 0.717) is 12.1 Å². The number of rotatable bonds is 4. The van der Waals surface area contributed by atoms with Crippen molar-refractivity contribution >= 4 is 54.3 Å². The van der Waals surface area contributed by atoms with E-state index in [4.69, 9.17) is 7.16 Å². The van der Waals surface area contributed by atoms with Crippen molar-refractivity contribution in [2.24, 2.45) is 0 Å². The van der Waals surface area contributed by atoms with Crippen molar-refractivity contribution in [2.75, 3.05) is 0 Å². The second-order valence-electron chi connectivity index (χ2n) is 12.7. The zero-order chi connectivity index (χ0) is 34.1. The molecule has 49 heavy (non-hydrogen) atoms. The highest BCUT2D eigenvalue weighted by molar-refractivity contribution is 6.22. The Balaban J connectivity index is 1.15. The summed E-state index contributed by atoms with van der Waals surface area (Å²) < 4.78 is 22.2. The number of hydrogen-bond donors (Lipinski definition) is 0. The molecule has 0 atom stereocenters. The molecule has 1 nitrogen and oxygen atoms in total. The van der Waals surface area contributed by atoms with E-state index in [0.717, 1.165) is 55.0 Å². The Kier molecular flexibility index (Phi) is 5.79. The van der Waals surface area contributed by atoms with Gasteiger partial charge in [-0.05, 0) is 101 Å². The summed E-state index contributed by atoms with van der Waals surface area (Å²) in [6, 6.07) is 60.5. The monoisotopic (exact) mass is 624 g/mol. The fourth-order valence-corrected chi connectivity index (χ4v) is 7.66. The van der Waals surface area contributed by atoms with Gasteiger partial charge in [-0.15, -0.1) is 0 Å². The van der Waals surface area contributed by atoms with Gasteiger partial charge in [0.2, 0.25) is 0 Å². The van der Waals surface area contributed by atoms with Crippen LogP contribution in [0.2, 0.25) is 0 Å². The summed E-state index contributed by atoms with van der Waals surface area (Å²) in [6.07, 6.45) is 0. The number of hydrogen-bond acceptors (Lipinski definition) is 1. The van der Waals surface area contributed by atoms with Gasteiger partial charge in [-0.3, -0.25) is 0 Å². The van der Waals surface area contributed by atoms with Gasteiger partial charge in [-0.1, -0.05) is 158 Å². The lowest BCUT2D eigenvalue weighted by molar-refractivity contribution is 0.669. The molecule has 10 aromatic rings. The van der Waals surface area contributed by atoms with E-state index in [-0.39, 0.29) is 0 Å². The molecule has 1 heteroatoms. The lowest BCUT2D eigenvalue weighted by Crippen LogP contribution is -1.92. The van der Waals surface area contributed by atoms with Crippen molar-refractivity contribution in [1.82, 2.24) is 0 Å². The first-order valence-corrected chi connectivity index (χ1v) is 16.7. The first-order valence-electron chi connectivity index (χ1n) is 17.7. The molecule has 1 aromatic heterocycles. The van der Waals surface area contributed by atoms with Crippen molar-refractivity contribution in [1.29, 1.82) is 0 Å². The number of furan rings is 1. The van der Waals surface area contributed by atoms with Crippen LogP contribution in [-0.4, -0.2) is 0 Å². The Hall–Kier alpha value is -6.44. The molecule has 0 saturated carbocycles. The van der Waals surface area contributed by atoms with Gasteiger partial charge in [0.25, 0.3) is 0 Å². The fourth-order valence-electron chi connectivity index (χ4n) is 7.66. The molecule has 0 amide bonds. The van der Waals surface area contributed by atoms with Gasteiger partial charge in [0.1, 0.15) is 11.2 Å². The number of benzene rings is 9. The first kappa shape index (κ1) is 25.6. The number of para-hydroxylation sites is 1. The van der Waals surface area contributed by atoms with Gasteiger partial charge < -0.3 is 4.42 Å². The van der Waals surface area contributed by atoms with Crippen LogP contribution in [0.4, 0.5) is 0 Å². The molecule has 0 aliphatic rings. The Labute approximate surface area is 287 Å². The van der Waals surface area contributed by atoms with Gasteiger partial charge in [0.15, 0.2) is 0 Å². The third kappa shape index (κ3) is 4.47. The summed E-state index contributed by atoms with van der Waals surface area (Å²) in [5.74, 6) is 0. The van der Waals surface area contributed by atoms with Crippen LogP contribution in [0.5, 0.6) is 0 Å². The van der Waals surface area contributed by atoms with Crippen molar-refractivity contribution in [3.05, 3.63) is 182 Å². The molecule has 0 N–H and O–H groups in total. The molecule has 0 aliphatic carbocycles. The maximum absolute atomic E-state index is 8.06. The summed E-state index contributed by atoms with van der Waals surface area (Å²) in [5.41, 5.74) is 11.0. The van der Waals surface area contributed by atoms with Crippen LogP contribution < -0.4 is 0 Å². The van der Waals surface area contributed by atoms with Crippen molar-refractivity contribution in [2.45, 2.75) is 0 Å². The van der Waals surface area contributed by atoms with Crippen LogP contribution in [0.15, 0.2) is 186 Å². The smallest absolute Gasteiger partial charge is 0.135 e. The molecule has 9 aromatic carbocycles. The van der Waals surface area contributed by atoms with E-state index in [1.807, 2.05) is 30.3 Å². The molecule has 10 rings (SSSR count). The maximum atomic E-state index is 8.06. The minimum atomic E-state index is 0.444. The van der Waals surface area contributed by atoms with Crippen LogP contribution >= 0.6 is 0 Å². The summed E-state index contributed by atoms with van der Waals surface area (Å²) in [7, 11) is 0. The highest BCUT2D eigenvalue weighted by Crippen LogP contribution is 2.46. The van der Waals surface area contributed by atoms with Crippen LogP contribution in [0.25, 0.3) is 98.8 Å². The van der Waals surface area contributed by atoms with E-state index >= 15 is 0 Å². The largest absolute Gasteiger partial charge is 0.456 e. The first-order chi connectivity index (χ1) is 25.1.